The number of phenols is 2. The molecule has 0 aliphatic rings. The largest absolute Gasteiger partial charge is 0.505 e. The summed E-state index contributed by atoms with van der Waals surface area (Å²) in [7, 11) is 0. The Bertz CT molecular complexity index is 559. The number of benzene rings is 2. The van der Waals surface area contributed by atoms with Gasteiger partial charge in [0.05, 0.1) is 0 Å². The first-order chi connectivity index (χ1) is 7.99. The van der Waals surface area contributed by atoms with Gasteiger partial charge in [-0.1, -0.05) is 6.07 Å². The van der Waals surface area contributed by atoms with Crippen molar-refractivity contribution in [2.75, 3.05) is 0 Å². The van der Waals surface area contributed by atoms with E-state index >= 15 is 0 Å². The van der Waals surface area contributed by atoms with Gasteiger partial charge in [0.15, 0.2) is 29.0 Å². The van der Waals surface area contributed by atoms with Crippen molar-refractivity contribution < 1.29 is 23.4 Å². The van der Waals surface area contributed by atoms with Gasteiger partial charge < -0.3 is 10.2 Å². The van der Waals surface area contributed by atoms with Gasteiger partial charge in [0.25, 0.3) is 0 Å². The van der Waals surface area contributed by atoms with E-state index in [2.05, 4.69) is 0 Å². The molecule has 0 saturated carbocycles. The van der Waals surface area contributed by atoms with Gasteiger partial charge in [-0.15, -0.1) is 0 Å². The predicted octanol–water partition coefficient (Wildman–Crippen LogP) is 3.18. The lowest BCUT2D eigenvalue weighted by Crippen LogP contribution is -1.87. The minimum absolute atomic E-state index is 0.0664. The zero-order chi connectivity index (χ0) is 12.6. The summed E-state index contributed by atoms with van der Waals surface area (Å²) in [5.74, 6) is -4.78. The Morgan fingerprint density at radius 2 is 1.24 bits per heavy atom. The third kappa shape index (κ3) is 2.04. The lowest BCUT2D eigenvalue weighted by molar-refractivity contribution is 0.396. The third-order valence-corrected chi connectivity index (χ3v) is 2.30. The van der Waals surface area contributed by atoms with Crippen LogP contribution in [0, 0.1) is 17.5 Å². The van der Waals surface area contributed by atoms with E-state index in [4.69, 9.17) is 10.2 Å². The number of hydrogen-bond donors (Lipinski definition) is 2. The van der Waals surface area contributed by atoms with Crippen molar-refractivity contribution in [3.63, 3.8) is 0 Å². The summed E-state index contributed by atoms with van der Waals surface area (Å²) in [6.45, 7) is 0. The molecule has 0 heterocycles. The summed E-state index contributed by atoms with van der Waals surface area (Å²) in [4.78, 5) is 0. The number of halogens is 3. The van der Waals surface area contributed by atoms with E-state index in [-0.39, 0.29) is 11.1 Å². The number of phenolic OH excluding ortho intramolecular Hbond substituents is 2. The summed E-state index contributed by atoms with van der Waals surface area (Å²) in [6.07, 6.45) is 0. The summed E-state index contributed by atoms with van der Waals surface area (Å²) < 4.78 is 39.2. The molecule has 2 N–H and O–H groups in total. The van der Waals surface area contributed by atoms with Crippen LogP contribution in [0.5, 0.6) is 11.5 Å². The van der Waals surface area contributed by atoms with Crippen molar-refractivity contribution in [1.29, 1.82) is 0 Å². The van der Waals surface area contributed by atoms with Crippen LogP contribution in [0.1, 0.15) is 0 Å². The summed E-state index contributed by atoms with van der Waals surface area (Å²) in [5, 5.41) is 17.9. The molecule has 0 unspecified atom stereocenters. The fourth-order valence-corrected chi connectivity index (χ4v) is 1.42. The quantitative estimate of drug-likeness (QED) is 0.803. The molecule has 0 atom stereocenters. The van der Waals surface area contributed by atoms with Crippen LogP contribution < -0.4 is 0 Å². The molecule has 5 heteroatoms. The normalized spacial score (nSPS) is 10.5. The highest BCUT2D eigenvalue weighted by Gasteiger charge is 2.11. The highest BCUT2D eigenvalue weighted by atomic mass is 19.1. The first kappa shape index (κ1) is 11.3. The average molecular weight is 240 g/mol. The van der Waals surface area contributed by atoms with Gasteiger partial charge in [0, 0.05) is 0 Å². The smallest absolute Gasteiger partial charge is 0.187 e. The van der Waals surface area contributed by atoms with E-state index < -0.39 is 29.0 Å². The number of rotatable bonds is 1. The second-order valence-corrected chi connectivity index (χ2v) is 3.45. The zero-order valence-electron chi connectivity index (χ0n) is 8.42. The Labute approximate surface area is 94.6 Å². The summed E-state index contributed by atoms with van der Waals surface area (Å²) in [6, 6.07) is 5.09. The molecule has 0 amide bonds. The van der Waals surface area contributed by atoms with Gasteiger partial charge in [-0.3, -0.25) is 0 Å². The van der Waals surface area contributed by atoms with Crippen molar-refractivity contribution in [2.45, 2.75) is 0 Å². The highest BCUT2D eigenvalue weighted by Crippen LogP contribution is 2.29. The second kappa shape index (κ2) is 4.01. The number of aromatic hydroxyl groups is 2. The Morgan fingerprint density at radius 1 is 0.706 bits per heavy atom. The lowest BCUT2D eigenvalue weighted by Gasteiger charge is -2.05. The first-order valence-corrected chi connectivity index (χ1v) is 4.66. The summed E-state index contributed by atoms with van der Waals surface area (Å²) >= 11 is 0. The molecule has 88 valence electrons. The van der Waals surface area contributed by atoms with Crippen LogP contribution in [-0.2, 0) is 0 Å². The van der Waals surface area contributed by atoms with Gasteiger partial charge in [0.1, 0.15) is 0 Å². The molecule has 2 rings (SSSR count). The Kier molecular flexibility index (Phi) is 2.67. The van der Waals surface area contributed by atoms with Crippen molar-refractivity contribution in [2.24, 2.45) is 0 Å². The molecule has 2 nitrogen and oxygen atoms in total. The van der Waals surface area contributed by atoms with Crippen LogP contribution in [0.4, 0.5) is 13.2 Å². The van der Waals surface area contributed by atoms with Gasteiger partial charge in [-0.25, -0.2) is 13.2 Å². The van der Waals surface area contributed by atoms with E-state index in [0.29, 0.717) is 0 Å². The molecule has 0 aliphatic heterocycles. The first-order valence-electron chi connectivity index (χ1n) is 4.66. The monoisotopic (exact) mass is 240 g/mol. The van der Waals surface area contributed by atoms with Gasteiger partial charge >= 0.3 is 0 Å². The van der Waals surface area contributed by atoms with E-state index in [1.54, 1.807) is 0 Å². The Morgan fingerprint density at radius 3 is 1.76 bits per heavy atom. The molecule has 2 aromatic rings. The van der Waals surface area contributed by atoms with E-state index in [0.717, 1.165) is 24.3 Å². The van der Waals surface area contributed by atoms with Crippen LogP contribution in [-0.4, -0.2) is 10.2 Å². The molecule has 0 aromatic heterocycles. The van der Waals surface area contributed by atoms with Crippen molar-refractivity contribution >= 4 is 0 Å². The van der Waals surface area contributed by atoms with Gasteiger partial charge in [0.2, 0.25) is 0 Å². The SMILES string of the molecule is Oc1ccc(-c2cc(F)c(O)c(F)c2)cc1F. The van der Waals surface area contributed by atoms with Crippen molar-refractivity contribution in [1.82, 2.24) is 0 Å². The van der Waals surface area contributed by atoms with Crippen LogP contribution in [0.25, 0.3) is 11.1 Å². The van der Waals surface area contributed by atoms with Crippen LogP contribution in [0.15, 0.2) is 30.3 Å². The minimum Gasteiger partial charge on any atom is -0.505 e. The summed E-state index contributed by atoms with van der Waals surface area (Å²) in [5.41, 5.74) is 0.259. The topological polar surface area (TPSA) is 40.5 Å². The molecule has 0 radical (unpaired) electrons. The van der Waals surface area contributed by atoms with Gasteiger partial charge in [-0.2, -0.15) is 0 Å². The van der Waals surface area contributed by atoms with E-state index in [1.165, 1.54) is 6.07 Å². The molecule has 17 heavy (non-hydrogen) atoms. The minimum atomic E-state index is -1.13. The fraction of sp³-hybridized carbons (Fsp3) is 0. The highest BCUT2D eigenvalue weighted by molar-refractivity contribution is 5.65. The predicted molar refractivity (Wildman–Crippen MR) is 55.1 cm³/mol. The van der Waals surface area contributed by atoms with Crippen molar-refractivity contribution in [3.05, 3.63) is 47.8 Å². The second-order valence-electron chi connectivity index (χ2n) is 3.45. The van der Waals surface area contributed by atoms with E-state index in [9.17, 15) is 13.2 Å². The third-order valence-electron chi connectivity index (χ3n) is 2.30. The maximum atomic E-state index is 13.1. The Hall–Kier alpha value is -2.17. The van der Waals surface area contributed by atoms with Crippen LogP contribution in [0.3, 0.4) is 0 Å². The standard InChI is InChI=1S/C12H7F3O2/c13-8-3-6(1-2-11(8)16)7-4-9(14)12(17)10(15)5-7/h1-5,16-17H. The molecule has 0 bridgehead atoms. The van der Waals surface area contributed by atoms with E-state index in [1.807, 2.05) is 0 Å². The Balaban J connectivity index is 2.57. The molecule has 0 fully saturated rings. The number of hydrogen-bond acceptors (Lipinski definition) is 2. The lowest BCUT2D eigenvalue weighted by atomic mass is 10.0. The average Bonchev–Trinajstić information content (AvgIpc) is 2.29. The van der Waals surface area contributed by atoms with Crippen LogP contribution >= 0.6 is 0 Å². The molecular weight excluding hydrogens is 233 g/mol. The molecule has 0 aliphatic carbocycles. The molecule has 2 aromatic carbocycles. The van der Waals surface area contributed by atoms with Crippen LogP contribution in [0.2, 0.25) is 0 Å². The zero-order valence-corrected chi connectivity index (χ0v) is 8.42. The molecule has 0 saturated heterocycles. The molecular formula is C12H7F3O2. The maximum absolute atomic E-state index is 13.1. The fourth-order valence-electron chi connectivity index (χ4n) is 1.42. The van der Waals surface area contributed by atoms with Crippen molar-refractivity contribution in [3.8, 4) is 22.6 Å². The van der Waals surface area contributed by atoms with Gasteiger partial charge in [-0.05, 0) is 35.4 Å². The molecule has 0 spiro atoms. The maximum Gasteiger partial charge on any atom is 0.187 e.